The molecule has 0 aliphatic carbocycles. The van der Waals surface area contributed by atoms with E-state index in [0.29, 0.717) is 5.69 Å². The molecule has 50 valence electrons. The van der Waals surface area contributed by atoms with Crippen molar-refractivity contribution < 1.29 is 0 Å². The van der Waals surface area contributed by atoms with E-state index in [0.717, 1.165) is 0 Å². The van der Waals surface area contributed by atoms with Gasteiger partial charge >= 0.3 is 0 Å². The zero-order valence-electron chi connectivity index (χ0n) is 5.63. The standard InChI is InChI=1S/C7H7N3/c1-2-3-6-4-5-9-7(8)10-6/h4-5H,1H3,(H2,8,9,10). The number of aromatic nitrogens is 2. The highest BCUT2D eigenvalue weighted by molar-refractivity contribution is 5.29. The molecule has 1 heterocycles. The fraction of sp³-hybridized carbons (Fsp3) is 0.143. The molecular weight excluding hydrogens is 126 g/mol. The summed E-state index contributed by atoms with van der Waals surface area (Å²) in [4.78, 5) is 7.58. The van der Waals surface area contributed by atoms with E-state index >= 15 is 0 Å². The Kier molecular flexibility index (Phi) is 1.86. The minimum Gasteiger partial charge on any atom is -0.368 e. The van der Waals surface area contributed by atoms with Crippen LogP contribution in [0.5, 0.6) is 0 Å². The molecule has 0 fully saturated rings. The van der Waals surface area contributed by atoms with Crippen molar-refractivity contribution in [3.8, 4) is 11.8 Å². The number of hydrogen-bond acceptors (Lipinski definition) is 3. The summed E-state index contributed by atoms with van der Waals surface area (Å²) < 4.78 is 0. The summed E-state index contributed by atoms with van der Waals surface area (Å²) in [6.07, 6.45) is 1.59. The molecule has 0 aliphatic rings. The molecule has 0 aliphatic heterocycles. The van der Waals surface area contributed by atoms with E-state index in [2.05, 4.69) is 21.8 Å². The average Bonchev–Trinajstić information content (AvgIpc) is 1.88. The molecule has 1 aromatic heterocycles. The van der Waals surface area contributed by atoms with Crippen molar-refractivity contribution in [3.05, 3.63) is 18.0 Å². The van der Waals surface area contributed by atoms with Crippen LogP contribution < -0.4 is 5.73 Å². The van der Waals surface area contributed by atoms with Gasteiger partial charge in [0.15, 0.2) is 0 Å². The van der Waals surface area contributed by atoms with Crippen LogP contribution in [-0.2, 0) is 0 Å². The van der Waals surface area contributed by atoms with Crippen molar-refractivity contribution in [2.24, 2.45) is 0 Å². The molecule has 3 nitrogen and oxygen atoms in total. The Morgan fingerprint density at radius 3 is 3.00 bits per heavy atom. The van der Waals surface area contributed by atoms with Crippen LogP contribution in [0.15, 0.2) is 12.3 Å². The molecule has 3 heteroatoms. The molecule has 0 unspecified atom stereocenters. The van der Waals surface area contributed by atoms with Crippen LogP contribution in [0.1, 0.15) is 12.6 Å². The number of rotatable bonds is 0. The molecular formula is C7H7N3. The van der Waals surface area contributed by atoms with Crippen molar-refractivity contribution >= 4 is 5.95 Å². The third-order valence-corrected chi connectivity index (χ3v) is 0.927. The monoisotopic (exact) mass is 133 g/mol. The summed E-state index contributed by atoms with van der Waals surface area (Å²) in [6, 6.07) is 1.72. The first kappa shape index (κ1) is 6.56. The maximum atomic E-state index is 5.30. The average molecular weight is 133 g/mol. The van der Waals surface area contributed by atoms with Crippen LogP contribution in [0.2, 0.25) is 0 Å². The van der Waals surface area contributed by atoms with Crippen LogP contribution in [0.25, 0.3) is 0 Å². The van der Waals surface area contributed by atoms with Crippen molar-refractivity contribution in [1.29, 1.82) is 0 Å². The SMILES string of the molecule is CC#Cc1ccnc(N)n1. The zero-order valence-corrected chi connectivity index (χ0v) is 5.63. The van der Waals surface area contributed by atoms with Gasteiger partial charge in [0, 0.05) is 6.20 Å². The van der Waals surface area contributed by atoms with Gasteiger partial charge in [-0.1, -0.05) is 5.92 Å². The molecule has 0 spiro atoms. The molecule has 10 heavy (non-hydrogen) atoms. The van der Waals surface area contributed by atoms with E-state index in [1.807, 2.05) is 0 Å². The molecule has 1 rings (SSSR count). The van der Waals surface area contributed by atoms with Crippen molar-refractivity contribution in [2.45, 2.75) is 6.92 Å². The fourth-order valence-corrected chi connectivity index (χ4v) is 0.571. The Bertz CT molecular complexity index is 282. The largest absolute Gasteiger partial charge is 0.368 e. The van der Waals surface area contributed by atoms with Crippen LogP contribution in [0, 0.1) is 11.8 Å². The van der Waals surface area contributed by atoms with Crippen molar-refractivity contribution in [3.63, 3.8) is 0 Å². The highest BCUT2D eigenvalue weighted by atomic mass is 15.0. The van der Waals surface area contributed by atoms with Crippen LogP contribution in [0.3, 0.4) is 0 Å². The Labute approximate surface area is 59.3 Å². The van der Waals surface area contributed by atoms with Gasteiger partial charge in [-0.25, -0.2) is 9.97 Å². The van der Waals surface area contributed by atoms with Crippen LogP contribution >= 0.6 is 0 Å². The van der Waals surface area contributed by atoms with E-state index in [-0.39, 0.29) is 5.95 Å². The smallest absolute Gasteiger partial charge is 0.221 e. The third kappa shape index (κ3) is 1.46. The highest BCUT2D eigenvalue weighted by Crippen LogP contribution is 1.92. The fourth-order valence-electron chi connectivity index (χ4n) is 0.571. The summed E-state index contributed by atoms with van der Waals surface area (Å²) in [7, 11) is 0. The molecule has 0 amide bonds. The Hall–Kier alpha value is -1.56. The van der Waals surface area contributed by atoms with E-state index in [1.165, 1.54) is 0 Å². The predicted octanol–water partition coefficient (Wildman–Crippen LogP) is 0.430. The van der Waals surface area contributed by atoms with E-state index in [9.17, 15) is 0 Å². The first-order valence-corrected chi connectivity index (χ1v) is 2.84. The van der Waals surface area contributed by atoms with Gasteiger partial charge in [0.25, 0.3) is 0 Å². The maximum Gasteiger partial charge on any atom is 0.221 e. The lowest BCUT2D eigenvalue weighted by Crippen LogP contribution is -1.94. The van der Waals surface area contributed by atoms with Gasteiger partial charge in [-0.15, -0.1) is 0 Å². The van der Waals surface area contributed by atoms with E-state index in [1.54, 1.807) is 19.2 Å². The van der Waals surface area contributed by atoms with Gasteiger partial charge in [-0.2, -0.15) is 0 Å². The second-order valence-electron chi connectivity index (χ2n) is 1.68. The Morgan fingerprint density at radius 1 is 1.60 bits per heavy atom. The van der Waals surface area contributed by atoms with E-state index in [4.69, 9.17) is 5.73 Å². The second-order valence-corrected chi connectivity index (χ2v) is 1.68. The van der Waals surface area contributed by atoms with Crippen LogP contribution in [0.4, 0.5) is 5.95 Å². The molecule has 0 saturated carbocycles. The van der Waals surface area contributed by atoms with Gasteiger partial charge < -0.3 is 5.73 Å². The normalized spacial score (nSPS) is 8.10. The summed E-state index contributed by atoms with van der Waals surface area (Å²) in [5.41, 5.74) is 5.96. The summed E-state index contributed by atoms with van der Waals surface area (Å²) in [6.45, 7) is 1.75. The minimum atomic E-state index is 0.264. The zero-order chi connectivity index (χ0) is 7.40. The molecule has 0 atom stereocenters. The lowest BCUT2D eigenvalue weighted by Gasteiger charge is -1.89. The Morgan fingerprint density at radius 2 is 2.40 bits per heavy atom. The number of hydrogen-bond donors (Lipinski definition) is 1. The van der Waals surface area contributed by atoms with Gasteiger partial charge in [0.1, 0.15) is 5.69 Å². The Balaban J connectivity index is 3.03. The highest BCUT2D eigenvalue weighted by Gasteiger charge is 1.87. The van der Waals surface area contributed by atoms with Gasteiger partial charge in [0.2, 0.25) is 5.95 Å². The van der Waals surface area contributed by atoms with E-state index < -0.39 is 0 Å². The quantitative estimate of drug-likeness (QED) is 0.522. The topological polar surface area (TPSA) is 51.8 Å². The van der Waals surface area contributed by atoms with Crippen molar-refractivity contribution in [1.82, 2.24) is 9.97 Å². The maximum absolute atomic E-state index is 5.30. The molecule has 0 radical (unpaired) electrons. The van der Waals surface area contributed by atoms with Gasteiger partial charge in [0.05, 0.1) is 0 Å². The molecule has 2 N–H and O–H groups in total. The predicted molar refractivity (Wildman–Crippen MR) is 39.0 cm³/mol. The summed E-state index contributed by atoms with van der Waals surface area (Å²) in [5, 5.41) is 0. The van der Waals surface area contributed by atoms with Crippen LogP contribution in [-0.4, -0.2) is 9.97 Å². The summed E-state index contributed by atoms with van der Waals surface area (Å²) in [5.74, 6) is 5.75. The van der Waals surface area contributed by atoms with Gasteiger partial charge in [-0.05, 0) is 18.9 Å². The first-order chi connectivity index (χ1) is 4.83. The lowest BCUT2D eigenvalue weighted by atomic mass is 10.4. The number of nitrogens with zero attached hydrogens (tertiary/aromatic N) is 2. The number of nitrogen functional groups attached to an aromatic ring is 1. The minimum absolute atomic E-state index is 0.264. The first-order valence-electron chi connectivity index (χ1n) is 2.84. The summed E-state index contributed by atoms with van der Waals surface area (Å²) >= 11 is 0. The second kappa shape index (κ2) is 2.83. The molecule has 0 saturated heterocycles. The van der Waals surface area contributed by atoms with Crippen molar-refractivity contribution in [2.75, 3.05) is 5.73 Å². The third-order valence-electron chi connectivity index (χ3n) is 0.927. The lowest BCUT2D eigenvalue weighted by molar-refractivity contribution is 1.16. The molecule has 0 aromatic carbocycles. The molecule has 0 bridgehead atoms. The molecule has 1 aromatic rings. The number of anilines is 1. The van der Waals surface area contributed by atoms with Gasteiger partial charge in [-0.3, -0.25) is 0 Å². The number of nitrogens with two attached hydrogens (primary N) is 1.